The highest BCUT2D eigenvalue weighted by Crippen LogP contribution is 2.39. The Kier molecular flexibility index (Phi) is 5.54. The van der Waals surface area contributed by atoms with Crippen LogP contribution in [0.15, 0.2) is 24.4 Å². The average Bonchev–Trinajstić information content (AvgIpc) is 3.17. The molecular formula is C19H21ClFN3O6. The Bertz CT molecular complexity index is 954. The van der Waals surface area contributed by atoms with Gasteiger partial charge in [-0.1, -0.05) is 22.9 Å². The number of aliphatic carboxylic acids is 1. The maximum atomic E-state index is 13.9. The summed E-state index contributed by atoms with van der Waals surface area (Å²) in [4.78, 5) is 11.8. The molecule has 0 unspecified atom stereocenters. The predicted octanol–water partition coefficient (Wildman–Crippen LogP) is 2.30. The summed E-state index contributed by atoms with van der Waals surface area (Å²) in [5, 5.41) is 17.9. The van der Waals surface area contributed by atoms with Crippen molar-refractivity contribution in [3.63, 3.8) is 0 Å². The van der Waals surface area contributed by atoms with E-state index in [9.17, 15) is 14.3 Å². The first-order valence-electron chi connectivity index (χ1n) is 9.30. The molecular weight excluding hydrogens is 421 g/mol. The number of rotatable bonds is 4. The highest BCUT2D eigenvalue weighted by Gasteiger charge is 2.54. The van der Waals surface area contributed by atoms with Crippen molar-refractivity contribution in [1.29, 1.82) is 0 Å². The van der Waals surface area contributed by atoms with Gasteiger partial charge in [-0.05, 0) is 26.0 Å². The lowest BCUT2D eigenvalue weighted by molar-refractivity contribution is -0.347. The number of benzene rings is 1. The molecule has 1 aromatic carbocycles. The number of carboxylic acids is 1. The van der Waals surface area contributed by atoms with Crippen LogP contribution >= 0.6 is 11.6 Å². The molecule has 0 saturated carbocycles. The predicted molar refractivity (Wildman–Crippen MR) is 101 cm³/mol. The van der Waals surface area contributed by atoms with E-state index in [-0.39, 0.29) is 11.6 Å². The Morgan fingerprint density at radius 2 is 2.20 bits per heavy atom. The van der Waals surface area contributed by atoms with Gasteiger partial charge in [-0.3, -0.25) is 0 Å². The van der Waals surface area contributed by atoms with E-state index in [2.05, 4.69) is 10.3 Å². The second-order valence-corrected chi connectivity index (χ2v) is 8.04. The summed E-state index contributed by atoms with van der Waals surface area (Å²) in [7, 11) is 1.40. The van der Waals surface area contributed by atoms with Crippen LogP contribution in [0.3, 0.4) is 0 Å². The van der Waals surface area contributed by atoms with Gasteiger partial charge in [-0.2, -0.15) is 0 Å². The second kappa shape index (κ2) is 7.86. The molecule has 30 heavy (non-hydrogen) atoms. The van der Waals surface area contributed by atoms with Crippen molar-refractivity contribution in [3.8, 4) is 11.3 Å². The number of ether oxygens (including phenoxy) is 4. The van der Waals surface area contributed by atoms with Gasteiger partial charge >= 0.3 is 5.97 Å². The molecule has 1 N–H and O–H groups in total. The SMILES string of the molecule is CO[C@@H]1[C@@H](n2cc(-c3ccc(Cl)c(F)c3)nn2)[C@H]2OC(C)(C)OC[C@H]2O[C@H]1C(=O)O. The van der Waals surface area contributed by atoms with E-state index in [1.54, 1.807) is 26.1 Å². The van der Waals surface area contributed by atoms with Gasteiger partial charge in [0.1, 0.15) is 35.9 Å². The van der Waals surface area contributed by atoms with Gasteiger partial charge in [0.05, 0.1) is 17.8 Å². The Morgan fingerprint density at radius 3 is 2.87 bits per heavy atom. The first kappa shape index (κ1) is 21.1. The van der Waals surface area contributed by atoms with Crippen LogP contribution in [0.5, 0.6) is 0 Å². The molecule has 162 valence electrons. The van der Waals surface area contributed by atoms with E-state index in [1.165, 1.54) is 23.9 Å². The van der Waals surface area contributed by atoms with Crippen LogP contribution in [0.1, 0.15) is 19.9 Å². The van der Waals surface area contributed by atoms with Crippen LogP contribution in [0, 0.1) is 5.82 Å². The van der Waals surface area contributed by atoms with E-state index in [4.69, 9.17) is 30.5 Å². The molecule has 2 aliphatic rings. The summed E-state index contributed by atoms with van der Waals surface area (Å²) in [6.07, 6.45) is -1.82. The average molecular weight is 442 g/mol. The molecule has 2 aromatic rings. The number of hydrogen-bond donors (Lipinski definition) is 1. The van der Waals surface area contributed by atoms with Crippen LogP contribution in [0.25, 0.3) is 11.3 Å². The third-order valence-electron chi connectivity index (χ3n) is 5.22. The maximum absolute atomic E-state index is 13.9. The van der Waals surface area contributed by atoms with Crippen molar-refractivity contribution < 1.29 is 33.2 Å². The maximum Gasteiger partial charge on any atom is 0.335 e. The second-order valence-electron chi connectivity index (χ2n) is 7.63. The van der Waals surface area contributed by atoms with Gasteiger partial charge in [-0.25, -0.2) is 13.9 Å². The minimum absolute atomic E-state index is 0.00000281. The number of carboxylic acid groups (broad SMARTS) is 1. The fourth-order valence-corrected chi connectivity index (χ4v) is 3.94. The Hall–Kier alpha value is -2.11. The minimum atomic E-state index is -1.25. The molecule has 0 amide bonds. The Balaban J connectivity index is 1.73. The topological polar surface area (TPSA) is 105 Å². The van der Waals surface area contributed by atoms with E-state index < -0.39 is 48.0 Å². The third kappa shape index (κ3) is 3.81. The van der Waals surface area contributed by atoms with Crippen molar-refractivity contribution in [1.82, 2.24) is 15.0 Å². The van der Waals surface area contributed by atoms with Gasteiger partial charge in [0.2, 0.25) is 0 Å². The van der Waals surface area contributed by atoms with Crippen LogP contribution in [0.2, 0.25) is 5.02 Å². The molecule has 4 rings (SSSR count). The van der Waals surface area contributed by atoms with E-state index in [0.717, 1.165) is 0 Å². The molecule has 9 nitrogen and oxygen atoms in total. The van der Waals surface area contributed by atoms with Crippen LogP contribution in [-0.2, 0) is 23.7 Å². The smallest absolute Gasteiger partial charge is 0.335 e. The number of fused-ring (bicyclic) bond motifs is 1. The van der Waals surface area contributed by atoms with Crippen molar-refractivity contribution in [2.45, 2.75) is 50.1 Å². The Labute approximate surface area is 176 Å². The molecule has 0 spiro atoms. The molecule has 5 atom stereocenters. The summed E-state index contributed by atoms with van der Waals surface area (Å²) < 4.78 is 38.3. The highest BCUT2D eigenvalue weighted by atomic mass is 35.5. The van der Waals surface area contributed by atoms with Gasteiger partial charge in [0, 0.05) is 12.7 Å². The third-order valence-corrected chi connectivity index (χ3v) is 5.53. The van der Waals surface area contributed by atoms with Crippen LogP contribution < -0.4 is 0 Å². The molecule has 2 fully saturated rings. The van der Waals surface area contributed by atoms with Gasteiger partial charge in [-0.15, -0.1) is 5.10 Å². The zero-order valence-electron chi connectivity index (χ0n) is 16.5. The van der Waals surface area contributed by atoms with E-state index >= 15 is 0 Å². The quantitative estimate of drug-likeness (QED) is 0.770. The molecule has 0 radical (unpaired) electrons. The van der Waals surface area contributed by atoms with E-state index in [1.807, 2.05) is 0 Å². The number of nitrogens with zero attached hydrogens (tertiary/aromatic N) is 3. The normalized spacial score (nSPS) is 30.6. The number of methoxy groups -OCH3 is 1. The summed E-state index contributed by atoms with van der Waals surface area (Å²) in [6.45, 7) is 3.67. The van der Waals surface area contributed by atoms with Gasteiger partial charge < -0.3 is 24.1 Å². The van der Waals surface area contributed by atoms with Crippen LogP contribution in [-0.4, -0.2) is 70.0 Å². The summed E-state index contributed by atoms with van der Waals surface area (Å²) in [5.74, 6) is -2.65. The number of hydrogen-bond acceptors (Lipinski definition) is 7. The lowest BCUT2D eigenvalue weighted by Crippen LogP contribution is -2.64. The molecule has 2 aliphatic heterocycles. The van der Waals surface area contributed by atoms with Gasteiger partial charge in [0.25, 0.3) is 0 Å². The van der Waals surface area contributed by atoms with Crippen molar-refractivity contribution in [2.75, 3.05) is 13.7 Å². The largest absolute Gasteiger partial charge is 0.479 e. The monoisotopic (exact) mass is 441 g/mol. The molecule has 11 heteroatoms. The molecule has 0 aliphatic carbocycles. The molecule has 1 aromatic heterocycles. The fraction of sp³-hybridized carbons (Fsp3) is 0.526. The summed E-state index contributed by atoms with van der Waals surface area (Å²) in [6, 6.07) is 3.63. The zero-order valence-corrected chi connectivity index (χ0v) is 17.2. The molecule has 3 heterocycles. The van der Waals surface area contributed by atoms with Gasteiger partial charge in [0.15, 0.2) is 11.9 Å². The van der Waals surface area contributed by atoms with Crippen molar-refractivity contribution in [2.24, 2.45) is 0 Å². The lowest BCUT2D eigenvalue weighted by atomic mass is 9.91. The number of aromatic nitrogens is 3. The van der Waals surface area contributed by atoms with Crippen molar-refractivity contribution >= 4 is 17.6 Å². The highest BCUT2D eigenvalue weighted by molar-refractivity contribution is 6.30. The zero-order chi connectivity index (χ0) is 21.6. The fourth-order valence-electron chi connectivity index (χ4n) is 3.83. The minimum Gasteiger partial charge on any atom is -0.479 e. The van der Waals surface area contributed by atoms with Crippen molar-refractivity contribution in [3.05, 3.63) is 35.2 Å². The Morgan fingerprint density at radius 1 is 1.43 bits per heavy atom. The first-order chi connectivity index (χ1) is 14.2. The van der Waals surface area contributed by atoms with E-state index in [0.29, 0.717) is 11.3 Å². The van der Waals surface area contributed by atoms with Crippen LogP contribution in [0.4, 0.5) is 4.39 Å². The number of carbonyl (C=O) groups is 1. The lowest BCUT2D eigenvalue weighted by Gasteiger charge is -2.50. The summed E-state index contributed by atoms with van der Waals surface area (Å²) >= 11 is 5.75. The number of halogens is 2. The molecule has 0 bridgehead atoms. The summed E-state index contributed by atoms with van der Waals surface area (Å²) in [5.41, 5.74) is 0.866. The molecule has 2 saturated heterocycles. The standard InChI is InChI=1S/C19H21ClFN3O6/c1-19(2)28-8-13-15(30-19)14(16(27-3)17(29-13)18(25)26)24-7-12(22-23-24)9-4-5-10(20)11(21)6-9/h4-7,13-17H,8H2,1-3H3,(H,25,26)/t13-,14+,15+,16-,17-/m1/s1. The first-order valence-corrected chi connectivity index (χ1v) is 9.68.